The first-order valence-corrected chi connectivity index (χ1v) is 8.80. The van der Waals surface area contributed by atoms with Crippen molar-refractivity contribution in [3.63, 3.8) is 0 Å². The molecule has 1 amide bonds. The molecule has 1 aliphatic carbocycles. The van der Waals surface area contributed by atoms with Crippen molar-refractivity contribution in [3.05, 3.63) is 29.8 Å². The SMILES string of the molecule is N#CCOc1ccccc1C(=O)N1CCC[C@@H]1[C@H]1CCCC[C@H]1O. The van der Waals surface area contributed by atoms with Gasteiger partial charge in [-0.05, 0) is 37.8 Å². The van der Waals surface area contributed by atoms with Crippen LogP contribution in [-0.4, -0.2) is 41.2 Å². The predicted molar refractivity (Wildman–Crippen MR) is 89.6 cm³/mol. The number of carbonyl (C=O) groups excluding carboxylic acids is 1. The molecule has 2 aliphatic rings. The van der Waals surface area contributed by atoms with E-state index in [0.29, 0.717) is 11.3 Å². The number of hydrogen-bond acceptors (Lipinski definition) is 4. The van der Waals surface area contributed by atoms with Crippen LogP contribution in [0.4, 0.5) is 0 Å². The Labute approximate surface area is 142 Å². The summed E-state index contributed by atoms with van der Waals surface area (Å²) in [6.45, 7) is 0.647. The molecule has 1 aromatic carbocycles. The van der Waals surface area contributed by atoms with E-state index in [0.717, 1.165) is 45.1 Å². The highest BCUT2D eigenvalue weighted by Gasteiger charge is 2.39. The standard InChI is InChI=1S/C19H24N2O3/c20-11-13-24-18-10-4-2-7-15(18)19(23)21-12-5-8-16(21)14-6-1-3-9-17(14)22/h2,4,7,10,14,16-17,22H,1,3,5-6,8-9,12-13H2/t14-,16-,17-/m1/s1. The topological polar surface area (TPSA) is 73.6 Å². The van der Waals surface area contributed by atoms with Crippen LogP contribution in [0.2, 0.25) is 0 Å². The summed E-state index contributed by atoms with van der Waals surface area (Å²) >= 11 is 0. The number of aliphatic hydroxyl groups excluding tert-OH is 1. The van der Waals surface area contributed by atoms with Crippen LogP contribution >= 0.6 is 0 Å². The van der Waals surface area contributed by atoms with Crippen molar-refractivity contribution in [1.82, 2.24) is 4.90 Å². The van der Waals surface area contributed by atoms with Gasteiger partial charge in [-0.25, -0.2) is 0 Å². The largest absolute Gasteiger partial charge is 0.478 e. The average Bonchev–Trinajstić information content (AvgIpc) is 3.09. The molecule has 0 unspecified atom stereocenters. The first-order valence-electron chi connectivity index (χ1n) is 8.80. The minimum absolute atomic E-state index is 0.0520. The highest BCUT2D eigenvalue weighted by Crippen LogP contribution is 2.36. The molecule has 3 atom stereocenters. The van der Waals surface area contributed by atoms with Crippen LogP contribution in [0.1, 0.15) is 48.9 Å². The molecule has 1 heterocycles. The third-order valence-electron chi connectivity index (χ3n) is 5.25. The number of para-hydroxylation sites is 1. The molecule has 5 nitrogen and oxygen atoms in total. The van der Waals surface area contributed by atoms with Crippen LogP contribution in [0.25, 0.3) is 0 Å². The van der Waals surface area contributed by atoms with Crippen molar-refractivity contribution in [2.24, 2.45) is 5.92 Å². The molecular weight excluding hydrogens is 304 g/mol. The monoisotopic (exact) mass is 328 g/mol. The lowest BCUT2D eigenvalue weighted by molar-refractivity contribution is 0.0210. The van der Waals surface area contributed by atoms with Gasteiger partial charge in [0, 0.05) is 18.5 Å². The molecule has 5 heteroatoms. The number of aliphatic hydroxyl groups is 1. The van der Waals surface area contributed by atoms with E-state index in [-0.39, 0.29) is 30.6 Å². The molecule has 0 spiro atoms. The van der Waals surface area contributed by atoms with Gasteiger partial charge in [0.2, 0.25) is 0 Å². The summed E-state index contributed by atoms with van der Waals surface area (Å²) in [7, 11) is 0. The lowest BCUT2D eigenvalue weighted by atomic mass is 9.80. The van der Waals surface area contributed by atoms with Gasteiger partial charge in [0.05, 0.1) is 11.7 Å². The molecule has 24 heavy (non-hydrogen) atoms. The van der Waals surface area contributed by atoms with Crippen molar-refractivity contribution < 1.29 is 14.6 Å². The molecule has 1 saturated carbocycles. The zero-order chi connectivity index (χ0) is 16.9. The number of ether oxygens (including phenoxy) is 1. The Balaban J connectivity index is 1.80. The van der Waals surface area contributed by atoms with Crippen LogP contribution in [0.3, 0.4) is 0 Å². The van der Waals surface area contributed by atoms with Gasteiger partial charge in [0.25, 0.3) is 5.91 Å². The Morgan fingerprint density at radius 1 is 1.25 bits per heavy atom. The van der Waals surface area contributed by atoms with E-state index in [4.69, 9.17) is 10.00 Å². The second-order valence-electron chi connectivity index (χ2n) is 6.67. The zero-order valence-corrected chi connectivity index (χ0v) is 13.9. The molecule has 1 aromatic rings. The van der Waals surface area contributed by atoms with Crippen LogP contribution in [0.5, 0.6) is 5.75 Å². The fourth-order valence-corrected chi connectivity index (χ4v) is 4.11. The number of carbonyl (C=O) groups is 1. The van der Waals surface area contributed by atoms with Crippen molar-refractivity contribution in [3.8, 4) is 11.8 Å². The van der Waals surface area contributed by atoms with E-state index in [2.05, 4.69) is 0 Å². The summed E-state index contributed by atoms with van der Waals surface area (Å²) in [5.74, 6) is 0.583. The Morgan fingerprint density at radius 2 is 2.04 bits per heavy atom. The van der Waals surface area contributed by atoms with Crippen molar-refractivity contribution in [2.75, 3.05) is 13.2 Å². The van der Waals surface area contributed by atoms with E-state index >= 15 is 0 Å². The molecule has 0 aromatic heterocycles. The molecule has 128 valence electrons. The number of nitrogens with zero attached hydrogens (tertiary/aromatic N) is 2. The van der Waals surface area contributed by atoms with E-state index in [1.54, 1.807) is 18.2 Å². The number of amides is 1. The number of likely N-dealkylation sites (tertiary alicyclic amines) is 1. The minimum atomic E-state index is -0.303. The first kappa shape index (κ1) is 16.8. The van der Waals surface area contributed by atoms with Gasteiger partial charge in [0.1, 0.15) is 11.8 Å². The molecule has 1 N–H and O–H groups in total. The second kappa shape index (κ2) is 7.67. The molecule has 3 rings (SSSR count). The minimum Gasteiger partial charge on any atom is -0.478 e. The smallest absolute Gasteiger partial charge is 0.257 e. The Bertz CT molecular complexity index is 625. The normalized spacial score (nSPS) is 26.8. The summed E-state index contributed by atoms with van der Waals surface area (Å²) in [5.41, 5.74) is 0.505. The van der Waals surface area contributed by atoms with Crippen LogP contribution in [-0.2, 0) is 0 Å². The van der Waals surface area contributed by atoms with Crippen LogP contribution in [0, 0.1) is 17.2 Å². The van der Waals surface area contributed by atoms with Crippen molar-refractivity contribution in [2.45, 2.75) is 50.7 Å². The fraction of sp³-hybridized carbons (Fsp3) is 0.579. The number of hydrogen-bond donors (Lipinski definition) is 1. The highest BCUT2D eigenvalue weighted by atomic mass is 16.5. The van der Waals surface area contributed by atoms with Gasteiger partial charge < -0.3 is 14.7 Å². The summed E-state index contributed by atoms with van der Waals surface area (Å²) in [5, 5.41) is 19.1. The third-order valence-corrected chi connectivity index (χ3v) is 5.25. The Hall–Kier alpha value is -2.06. The van der Waals surface area contributed by atoms with Crippen molar-refractivity contribution in [1.29, 1.82) is 5.26 Å². The molecule has 1 saturated heterocycles. The average molecular weight is 328 g/mol. The van der Waals surface area contributed by atoms with E-state index < -0.39 is 0 Å². The maximum atomic E-state index is 13.1. The molecule has 1 aliphatic heterocycles. The molecular formula is C19H24N2O3. The lowest BCUT2D eigenvalue weighted by Gasteiger charge is -2.37. The second-order valence-corrected chi connectivity index (χ2v) is 6.67. The predicted octanol–water partition coefficient (Wildman–Crippen LogP) is 2.74. The van der Waals surface area contributed by atoms with E-state index in [1.807, 2.05) is 17.0 Å². The van der Waals surface area contributed by atoms with Crippen LogP contribution < -0.4 is 4.74 Å². The quantitative estimate of drug-likeness (QED) is 0.922. The zero-order valence-electron chi connectivity index (χ0n) is 13.9. The lowest BCUT2D eigenvalue weighted by Crippen LogP contribution is -2.45. The molecule has 0 bridgehead atoms. The summed E-state index contributed by atoms with van der Waals surface area (Å²) in [6, 6.07) is 9.14. The van der Waals surface area contributed by atoms with Gasteiger partial charge >= 0.3 is 0 Å². The number of benzene rings is 1. The van der Waals surface area contributed by atoms with E-state index in [1.165, 1.54) is 0 Å². The number of nitriles is 1. The third kappa shape index (κ3) is 3.39. The maximum Gasteiger partial charge on any atom is 0.257 e. The summed E-state index contributed by atoms with van der Waals surface area (Å²) < 4.78 is 5.41. The number of rotatable bonds is 4. The van der Waals surface area contributed by atoms with Crippen molar-refractivity contribution >= 4 is 5.91 Å². The summed E-state index contributed by atoms with van der Waals surface area (Å²) in [6.07, 6.45) is 5.65. The van der Waals surface area contributed by atoms with Gasteiger partial charge in [-0.2, -0.15) is 5.26 Å². The van der Waals surface area contributed by atoms with Gasteiger partial charge in [-0.1, -0.05) is 25.0 Å². The molecule has 2 fully saturated rings. The first-order chi connectivity index (χ1) is 11.7. The fourth-order valence-electron chi connectivity index (χ4n) is 4.11. The molecule has 0 radical (unpaired) electrons. The Morgan fingerprint density at radius 3 is 2.83 bits per heavy atom. The summed E-state index contributed by atoms with van der Waals surface area (Å²) in [4.78, 5) is 15.0. The van der Waals surface area contributed by atoms with Gasteiger partial charge in [-0.15, -0.1) is 0 Å². The maximum absolute atomic E-state index is 13.1. The highest BCUT2D eigenvalue weighted by molar-refractivity contribution is 5.97. The van der Waals surface area contributed by atoms with Gasteiger partial charge in [-0.3, -0.25) is 4.79 Å². The van der Waals surface area contributed by atoms with Gasteiger partial charge in [0.15, 0.2) is 6.61 Å². The Kier molecular flexibility index (Phi) is 5.37. The van der Waals surface area contributed by atoms with E-state index in [9.17, 15) is 9.90 Å². The van der Waals surface area contributed by atoms with Crippen LogP contribution in [0.15, 0.2) is 24.3 Å².